The molecule has 9 heteroatoms. The number of halogens is 2. The van der Waals surface area contributed by atoms with Crippen LogP contribution in [0.15, 0.2) is 29.2 Å². The summed E-state index contributed by atoms with van der Waals surface area (Å²) in [6.07, 6.45) is 1.56. The van der Waals surface area contributed by atoms with Gasteiger partial charge in [-0.2, -0.15) is 4.31 Å². The number of amides is 1. The van der Waals surface area contributed by atoms with Crippen LogP contribution in [0, 0.1) is 11.7 Å². The van der Waals surface area contributed by atoms with Gasteiger partial charge in [0.2, 0.25) is 15.9 Å². The summed E-state index contributed by atoms with van der Waals surface area (Å²) in [5.74, 6) is -1.04. The molecule has 1 heterocycles. The Balaban J connectivity index is 0.00000312. The first-order chi connectivity index (χ1) is 11.3. The molecular weight excluding hydrogens is 369 g/mol. The molecule has 2 rings (SSSR count). The minimum atomic E-state index is -3.86. The molecule has 6 nitrogen and oxygen atoms in total. The zero-order valence-electron chi connectivity index (χ0n) is 14.2. The number of carbonyl (C=O) groups excluding carboxylic acids is 1. The Morgan fingerprint density at radius 2 is 1.96 bits per heavy atom. The molecule has 0 spiro atoms. The number of benzene rings is 1. The van der Waals surface area contributed by atoms with Crippen molar-refractivity contribution in [3.05, 3.63) is 30.1 Å². The Bertz CT molecular complexity index is 677. The topological polar surface area (TPSA) is 92.5 Å². The largest absolute Gasteiger partial charge is 0.356 e. The molecule has 1 fully saturated rings. The van der Waals surface area contributed by atoms with Crippen molar-refractivity contribution < 1.29 is 17.6 Å². The maximum Gasteiger partial charge on any atom is 0.245 e. The van der Waals surface area contributed by atoms with Crippen LogP contribution >= 0.6 is 12.4 Å². The summed E-state index contributed by atoms with van der Waals surface area (Å²) in [5, 5.41) is 2.83. The molecule has 0 radical (unpaired) electrons. The average Bonchev–Trinajstić information content (AvgIpc) is 2.54. The summed E-state index contributed by atoms with van der Waals surface area (Å²) in [5.41, 5.74) is 5.64. The SMILES string of the molecule is CC(N)CCNC(=O)C1CCN(S(=O)(=O)c2ccccc2F)CC1.Cl. The van der Waals surface area contributed by atoms with Crippen LogP contribution in [0.5, 0.6) is 0 Å². The van der Waals surface area contributed by atoms with Gasteiger partial charge in [0, 0.05) is 31.6 Å². The van der Waals surface area contributed by atoms with Gasteiger partial charge in [0.25, 0.3) is 0 Å². The van der Waals surface area contributed by atoms with E-state index in [0.717, 1.165) is 6.07 Å². The normalized spacial score (nSPS) is 17.6. The third-order valence-electron chi connectivity index (χ3n) is 4.18. The van der Waals surface area contributed by atoms with E-state index >= 15 is 0 Å². The molecular formula is C16H25ClFN3O3S. The fourth-order valence-corrected chi connectivity index (χ4v) is 4.25. The smallest absolute Gasteiger partial charge is 0.245 e. The highest BCUT2D eigenvalue weighted by Gasteiger charge is 2.33. The standard InChI is InChI=1S/C16H24FN3O3S.ClH/c1-12(18)6-9-19-16(21)13-7-10-20(11-8-13)24(22,23)15-5-3-2-4-14(15)17;/h2-5,12-13H,6-11,18H2,1H3,(H,19,21);1H. The van der Waals surface area contributed by atoms with Crippen molar-refractivity contribution in [2.24, 2.45) is 11.7 Å². The van der Waals surface area contributed by atoms with E-state index in [1.807, 2.05) is 6.92 Å². The first-order valence-electron chi connectivity index (χ1n) is 8.10. The van der Waals surface area contributed by atoms with Gasteiger partial charge in [0.05, 0.1) is 0 Å². The van der Waals surface area contributed by atoms with E-state index in [1.54, 1.807) is 0 Å². The number of hydrogen-bond donors (Lipinski definition) is 2. The van der Waals surface area contributed by atoms with Gasteiger partial charge >= 0.3 is 0 Å². The third kappa shape index (κ3) is 5.64. The quantitative estimate of drug-likeness (QED) is 0.766. The molecule has 3 N–H and O–H groups in total. The van der Waals surface area contributed by atoms with Crippen LogP contribution in [0.1, 0.15) is 26.2 Å². The van der Waals surface area contributed by atoms with Gasteiger partial charge < -0.3 is 11.1 Å². The van der Waals surface area contributed by atoms with Crippen molar-refractivity contribution in [3.63, 3.8) is 0 Å². The van der Waals surface area contributed by atoms with E-state index in [1.165, 1.54) is 22.5 Å². The van der Waals surface area contributed by atoms with Gasteiger partial charge in [-0.05, 0) is 38.3 Å². The fraction of sp³-hybridized carbons (Fsp3) is 0.562. The molecule has 1 saturated heterocycles. The molecule has 1 aromatic carbocycles. The number of hydrogen-bond acceptors (Lipinski definition) is 4. The molecule has 1 unspecified atom stereocenters. The second kappa shape index (κ2) is 9.47. The Hall–Kier alpha value is -1.22. The molecule has 1 aliphatic heterocycles. The Morgan fingerprint density at radius 1 is 1.36 bits per heavy atom. The monoisotopic (exact) mass is 393 g/mol. The lowest BCUT2D eigenvalue weighted by atomic mass is 9.97. The predicted octanol–water partition coefficient (Wildman–Crippen LogP) is 1.50. The van der Waals surface area contributed by atoms with E-state index in [-0.39, 0.29) is 48.3 Å². The molecule has 1 amide bonds. The molecule has 1 aliphatic rings. The van der Waals surface area contributed by atoms with Crippen LogP contribution < -0.4 is 11.1 Å². The van der Waals surface area contributed by atoms with Crippen LogP contribution in [0.25, 0.3) is 0 Å². The maximum absolute atomic E-state index is 13.8. The Labute approximate surface area is 154 Å². The van der Waals surface area contributed by atoms with Crippen molar-refractivity contribution >= 4 is 28.3 Å². The number of carbonyl (C=O) groups is 1. The summed E-state index contributed by atoms with van der Waals surface area (Å²) < 4.78 is 40.0. The second-order valence-corrected chi connectivity index (χ2v) is 8.07. The van der Waals surface area contributed by atoms with Gasteiger partial charge in [-0.3, -0.25) is 4.79 Å². The zero-order chi connectivity index (χ0) is 17.7. The fourth-order valence-electron chi connectivity index (χ4n) is 2.72. The van der Waals surface area contributed by atoms with E-state index in [4.69, 9.17) is 5.73 Å². The van der Waals surface area contributed by atoms with Crippen molar-refractivity contribution in [1.82, 2.24) is 9.62 Å². The minimum absolute atomic E-state index is 0. The average molecular weight is 394 g/mol. The van der Waals surface area contributed by atoms with Gasteiger partial charge in [-0.1, -0.05) is 12.1 Å². The molecule has 0 saturated carbocycles. The number of nitrogens with two attached hydrogens (primary N) is 1. The highest BCUT2D eigenvalue weighted by molar-refractivity contribution is 7.89. The first kappa shape index (κ1) is 21.8. The Morgan fingerprint density at radius 3 is 2.52 bits per heavy atom. The lowest BCUT2D eigenvalue weighted by Gasteiger charge is -2.30. The van der Waals surface area contributed by atoms with Crippen molar-refractivity contribution in [3.8, 4) is 0 Å². The van der Waals surface area contributed by atoms with Gasteiger partial charge in [0.15, 0.2) is 0 Å². The first-order valence-corrected chi connectivity index (χ1v) is 9.54. The Kier molecular flexibility index (Phi) is 8.27. The molecule has 0 bridgehead atoms. The number of nitrogens with one attached hydrogen (secondary N) is 1. The molecule has 25 heavy (non-hydrogen) atoms. The number of nitrogens with zero attached hydrogens (tertiary/aromatic N) is 1. The molecule has 1 aromatic rings. The van der Waals surface area contributed by atoms with Crippen LogP contribution in [0.4, 0.5) is 4.39 Å². The van der Waals surface area contributed by atoms with Crippen LogP contribution in [0.2, 0.25) is 0 Å². The predicted molar refractivity (Wildman–Crippen MR) is 96.4 cm³/mol. The highest BCUT2D eigenvalue weighted by Crippen LogP contribution is 2.25. The van der Waals surface area contributed by atoms with Gasteiger partial charge in [-0.15, -0.1) is 12.4 Å². The second-order valence-electron chi connectivity index (χ2n) is 6.17. The lowest BCUT2D eigenvalue weighted by molar-refractivity contribution is -0.126. The molecule has 0 aliphatic carbocycles. The summed E-state index contributed by atoms with van der Waals surface area (Å²) in [6.45, 7) is 2.81. The van der Waals surface area contributed by atoms with E-state index in [2.05, 4.69) is 5.32 Å². The molecule has 142 valence electrons. The minimum Gasteiger partial charge on any atom is -0.356 e. The van der Waals surface area contributed by atoms with Crippen LogP contribution in [0.3, 0.4) is 0 Å². The molecule has 1 atom stereocenters. The summed E-state index contributed by atoms with van der Waals surface area (Å²) in [7, 11) is -3.86. The number of piperidine rings is 1. The van der Waals surface area contributed by atoms with E-state index in [9.17, 15) is 17.6 Å². The summed E-state index contributed by atoms with van der Waals surface area (Å²) >= 11 is 0. The summed E-state index contributed by atoms with van der Waals surface area (Å²) in [6, 6.07) is 5.36. The third-order valence-corrected chi connectivity index (χ3v) is 6.11. The zero-order valence-corrected chi connectivity index (χ0v) is 15.8. The number of sulfonamides is 1. The van der Waals surface area contributed by atoms with Crippen LogP contribution in [-0.4, -0.2) is 44.3 Å². The highest BCUT2D eigenvalue weighted by atomic mass is 35.5. The van der Waals surface area contributed by atoms with Crippen molar-refractivity contribution in [2.75, 3.05) is 19.6 Å². The number of rotatable bonds is 6. The van der Waals surface area contributed by atoms with Crippen molar-refractivity contribution in [1.29, 1.82) is 0 Å². The van der Waals surface area contributed by atoms with E-state index in [0.29, 0.717) is 25.8 Å². The molecule has 0 aromatic heterocycles. The van der Waals surface area contributed by atoms with E-state index < -0.39 is 15.8 Å². The van der Waals surface area contributed by atoms with Gasteiger partial charge in [-0.25, -0.2) is 12.8 Å². The van der Waals surface area contributed by atoms with Gasteiger partial charge in [0.1, 0.15) is 10.7 Å². The van der Waals surface area contributed by atoms with Crippen molar-refractivity contribution in [2.45, 2.75) is 37.1 Å². The summed E-state index contributed by atoms with van der Waals surface area (Å²) in [4.78, 5) is 11.8. The maximum atomic E-state index is 13.8. The van der Waals surface area contributed by atoms with Crippen LogP contribution in [-0.2, 0) is 14.8 Å². The lowest BCUT2D eigenvalue weighted by Crippen LogP contribution is -2.43.